The Morgan fingerprint density at radius 2 is 2.31 bits per heavy atom. The summed E-state index contributed by atoms with van der Waals surface area (Å²) in [5.74, 6) is 0.915. The highest BCUT2D eigenvalue weighted by atomic mass is 35.5. The third-order valence-corrected chi connectivity index (χ3v) is 1.72. The lowest BCUT2D eigenvalue weighted by molar-refractivity contribution is 0.389. The van der Waals surface area contributed by atoms with Gasteiger partial charge in [-0.25, -0.2) is 4.98 Å². The summed E-state index contributed by atoms with van der Waals surface area (Å²) in [6, 6.07) is 1.41. The monoisotopic (exact) mass is 201 g/mol. The molecule has 0 unspecified atom stereocenters. The van der Waals surface area contributed by atoms with Crippen molar-refractivity contribution in [3.05, 3.63) is 27.9 Å². The molecule has 0 spiro atoms. The number of H-pyrrole nitrogens is 1. The zero-order valence-corrected chi connectivity index (χ0v) is 8.43. The van der Waals surface area contributed by atoms with E-state index in [-0.39, 0.29) is 11.4 Å². The lowest BCUT2D eigenvalue weighted by Crippen LogP contribution is -2.18. The highest BCUT2D eigenvalue weighted by molar-refractivity contribution is 6.16. The van der Waals surface area contributed by atoms with E-state index >= 15 is 0 Å². The molecule has 0 amide bonds. The van der Waals surface area contributed by atoms with E-state index in [9.17, 15) is 4.79 Å². The van der Waals surface area contributed by atoms with Crippen molar-refractivity contribution in [1.29, 1.82) is 0 Å². The fourth-order valence-electron chi connectivity index (χ4n) is 1.01. The summed E-state index contributed by atoms with van der Waals surface area (Å²) in [5, 5.41) is 0. The molecule has 13 heavy (non-hydrogen) atoms. The van der Waals surface area contributed by atoms with Gasteiger partial charge in [0, 0.05) is 6.07 Å². The van der Waals surface area contributed by atoms with Crippen molar-refractivity contribution < 1.29 is 0 Å². The largest absolute Gasteiger partial charge is 0.309 e. The highest BCUT2D eigenvalue weighted by Crippen LogP contribution is 1.97. The normalized spacial score (nSPS) is 10.8. The maximum absolute atomic E-state index is 11.1. The molecule has 5 heteroatoms. The Morgan fingerprint density at radius 1 is 1.62 bits per heavy atom. The van der Waals surface area contributed by atoms with E-state index < -0.39 is 0 Å². The van der Waals surface area contributed by atoms with Crippen molar-refractivity contribution >= 4 is 11.6 Å². The number of alkyl halides is 1. The van der Waals surface area contributed by atoms with E-state index in [4.69, 9.17) is 11.6 Å². The molecule has 0 aromatic carbocycles. The van der Waals surface area contributed by atoms with Gasteiger partial charge in [0.25, 0.3) is 5.56 Å². The minimum absolute atomic E-state index is 0.150. The second-order valence-electron chi connectivity index (χ2n) is 3.05. The molecule has 0 aliphatic carbocycles. The van der Waals surface area contributed by atoms with Crippen molar-refractivity contribution in [3.8, 4) is 0 Å². The molecule has 0 atom stereocenters. The van der Waals surface area contributed by atoms with Crippen LogP contribution in [0.25, 0.3) is 0 Å². The van der Waals surface area contributed by atoms with Gasteiger partial charge in [0.05, 0.1) is 18.1 Å². The molecule has 0 fully saturated rings. The lowest BCUT2D eigenvalue weighted by atomic mass is 10.4. The van der Waals surface area contributed by atoms with Crippen LogP contribution in [0.15, 0.2) is 10.9 Å². The molecule has 0 radical (unpaired) electrons. The summed E-state index contributed by atoms with van der Waals surface area (Å²) >= 11 is 5.58. The molecular weight excluding hydrogens is 190 g/mol. The molecule has 0 aliphatic rings. The van der Waals surface area contributed by atoms with Crippen molar-refractivity contribution in [3.63, 3.8) is 0 Å². The third-order valence-electron chi connectivity index (χ3n) is 1.45. The van der Waals surface area contributed by atoms with Gasteiger partial charge >= 0.3 is 0 Å². The van der Waals surface area contributed by atoms with Gasteiger partial charge in [-0.1, -0.05) is 0 Å². The number of halogens is 1. The van der Waals surface area contributed by atoms with E-state index in [1.165, 1.54) is 6.07 Å². The first-order valence-corrected chi connectivity index (χ1v) is 4.45. The van der Waals surface area contributed by atoms with Gasteiger partial charge in [0.2, 0.25) is 0 Å². The van der Waals surface area contributed by atoms with Crippen LogP contribution in [0.4, 0.5) is 0 Å². The molecule has 1 aromatic rings. The number of hydrogen-bond donors (Lipinski definition) is 1. The lowest BCUT2D eigenvalue weighted by Gasteiger charge is -2.08. The summed E-state index contributed by atoms with van der Waals surface area (Å²) in [4.78, 5) is 19.8. The van der Waals surface area contributed by atoms with Crippen LogP contribution in [0.5, 0.6) is 0 Å². The maximum Gasteiger partial charge on any atom is 0.251 e. The Hall–Kier alpha value is -0.870. The van der Waals surface area contributed by atoms with Crippen LogP contribution in [0.3, 0.4) is 0 Å². The zero-order chi connectivity index (χ0) is 9.84. The number of aromatic nitrogens is 2. The van der Waals surface area contributed by atoms with Crippen LogP contribution in [0, 0.1) is 0 Å². The van der Waals surface area contributed by atoms with Crippen molar-refractivity contribution in [2.75, 3.05) is 14.1 Å². The summed E-state index contributed by atoms with van der Waals surface area (Å²) in [7, 11) is 3.82. The summed E-state index contributed by atoms with van der Waals surface area (Å²) in [6.45, 7) is 0.611. The summed E-state index contributed by atoms with van der Waals surface area (Å²) in [5.41, 5.74) is 0.463. The Bertz CT molecular complexity index is 334. The molecule has 1 N–H and O–H groups in total. The quantitative estimate of drug-likeness (QED) is 0.728. The van der Waals surface area contributed by atoms with Gasteiger partial charge in [-0.15, -0.1) is 11.6 Å². The standard InChI is InChI=1S/C8H12ClN3O/c1-12(2)5-7-10-6(4-9)3-8(13)11-7/h3H,4-5H2,1-2H3,(H,10,11,13). The van der Waals surface area contributed by atoms with Crippen molar-refractivity contribution in [1.82, 2.24) is 14.9 Å². The third kappa shape index (κ3) is 3.16. The molecule has 1 aromatic heterocycles. The van der Waals surface area contributed by atoms with E-state index in [1.807, 2.05) is 19.0 Å². The highest BCUT2D eigenvalue weighted by Gasteiger charge is 2.00. The number of rotatable bonds is 3. The minimum atomic E-state index is -0.150. The fraction of sp³-hybridized carbons (Fsp3) is 0.500. The van der Waals surface area contributed by atoms with E-state index in [0.717, 1.165) is 0 Å². The summed E-state index contributed by atoms with van der Waals surface area (Å²) in [6.07, 6.45) is 0. The fourth-order valence-corrected chi connectivity index (χ4v) is 1.14. The number of nitrogens with one attached hydrogen (secondary N) is 1. The van der Waals surface area contributed by atoms with Gasteiger partial charge < -0.3 is 9.88 Å². The van der Waals surface area contributed by atoms with E-state index in [2.05, 4.69) is 9.97 Å². The maximum atomic E-state index is 11.1. The van der Waals surface area contributed by atoms with Gasteiger partial charge in [-0.3, -0.25) is 4.79 Å². The topological polar surface area (TPSA) is 49.0 Å². The minimum Gasteiger partial charge on any atom is -0.309 e. The SMILES string of the molecule is CN(C)Cc1nc(CCl)cc(=O)[nH]1. The average Bonchev–Trinajstić information content (AvgIpc) is 2.01. The average molecular weight is 202 g/mol. The van der Waals surface area contributed by atoms with Crippen LogP contribution in [-0.4, -0.2) is 29.0 Å². The predicted molar refractivity (Wildman–Crippen MR) is 51.8 cm³/mol. The van der Waals surface area contributed by atoms with Crippen molar-refractivity contribution in [2.24, 2.45) is 0 Å². The first kappa shape index (κ1) is 10.2. The van der Waals surface area contributed by atoms with Gasteiger partial charge in [-0.05, 0) is 14.1 Å². The van der Waals surface area contributed by atoms with E-state index in [0.29, 0.717) is 18.1 Å². The second kappa shape index (κ2) is 4.39. The number of hydrogen-bond acceptors (Lipinski definition) is 3. The van der Waals surface area contributed by atoms with Crippen LogP contribution >= 0.6 is 11.6 Å². The molecule has 0 saturated carbocycles. The van der Waals surface area contributed by atoms with Gasteiger partial charge in [0.15, 0.2) is 0 Å². The smallest absolute Gasteiger partial charge is 0.251 e. The molecule has 0 bridgehead atoms. The Kier molecular flexibility index (Phi) is 3.45. The molecule has 0 saturated heterocycles. The Morgan fingerprint density at radius 3 is 2.85 bits per heavy atom. The Labute approximate surface area is 81.6 Å². The van der Waals surface area contributed by atoms with Crippen LogP contribution in [0.1, 0.15) is 11.5 Å². The van der Waals surface area contributed by atoms with Gasteiger partial charge in [0.1, 0.15) is 5.82 Å². The molecule has 1 heterocycles. The molecule has 4 nitrogen and oxygen atoms in total. The van der Waals surface area contributed by atoms with Crippen LogP contribution < -0.4 is 5.56 Å². The first-order valence-electron chi connectivity index (χ1n) is 3.91. The van der Waals surface area contributed by atoms with Crippen LogP contribution in [-0.2, 0) is 12.4 Å². The zero-order valence-electron chi connectivity index (χ0n) is 7.67. The molecule has 1 rings (SSSR count). The van der Waals surface area contributed by atoms with Gasteiger partial charge in [-0.2, -0.15) is 0 Å². The van der Waals surface area contributed by atoms with Crippen LogP contribution in [0.2, 0.25) is 0 Å². The van der Waals surface area contributed by atoms with E-state index in [1.54, 1.807) is 0 Å². The molecular formula is C8H12ClN3O. The molecule has 72 valence electrons. The Balaban J connectivity index is 2.95. The van der Waals surface area contributed by atoms with Crippen molar-refractivity contribution in [2.45, 2.75) is 12.4 Å². The predicted octanol–water partition coefficient (Wildman–Crippen LogP) is 0.570. The second-order valence-corrected chi connectivity index (χ2v) is 3.32. The molecule has 0 aliphatic heterocycles. The number of nitrogens with zero attached hydrogens (tertiary/aromatic N) is 2. The first-order chi connectivity index (χ1) is 6.11. The number of aromatic amines is 1. The summed E-state index contributed by atoms with van der Waals surface area (Å²) < 4.78 is 0.